The fourth-order valence-electron chi connectivity index (χ4n) is 15.2. The number of hydrogen-bond acceptors (Lipinski definition) is 24. The summed E-state index contributed by atoms with van der Waals surface area (Å²) in [6.07, 6.45) is -1.00. The molecule has 9 aliphatic rings. The molecule has 7 atom stereocenters. The quantitative estimate of drug-likeness (QED) is 0.0299. The van der Waals surface area contributed by atoms with E-state index in [-0.39, 0.29) is 136 Å². The fourth-order valence-corrected chi connectivity index (χ4v) is 16.1. The van der Waals surface area contributed by atoms with E-state index in [0.717, 1.165) is 12.2 Å². The zero-order chi connectivity index (χ0) is 83.4. The molecule has 4 unspecified atom stereocenters. The van der Waals surface area contributed by atoms with E-state index < -0.39 is 118 Å². The van der Waals surface area contributed by atoms with Crippen LogP contribution in [0.5, 0.6) is 34.5 Å². The molecule has 3 fully saturated rings. The predicted molar refractivity (Wildman–Crippen MR) is 426 cm³/mol. The fraction of sp³-hybridized carbons (Fsp3) is 0.209. The Balaban J connectivity index is 0.000000144. The molecule has 3 spiro atoms. The number of Topliss-reactive ketones (excluding diaryl/α,β-unsaturated/α-hetero) is 6. The van der Waals surface area contributed by atoms with Crippen molar-refractivity contribution >= 4 is 157 Å². The van der Waals surface area contributed by atoms with Gasteiger partial charge in [-0.25, -0.2) is 4.79 Å². The molecule has 120 heavy (non-hydrogen) atoms. The number of carbonyl (C=O) groups excluding carboxylic acids is 12. The van der Waals surface area contributed by atoms with Crippen molar-refractivity contribution in [3.05, 3.63) is 274 Å². The summed E-state index contributed by atoms with van der Waals surface area (Å²) in [7, 11) is 0. The second kappa shape index (κ2) is 35.3. The molecule has 6 aliphatic heterocycles. The Labute approximate surface area is 734 Å². The van der Waals surface area contributed by atoms with Crippen LogP contribution in [0.1, 0.15) is 118 Å². The number of fused-ring (bicyclic) bond motifs is 6. The number of carbonyl (C=O) groups is 12. The molecule has 0 saturated carbocycles. The molecule has 3 N–H and O–H groups in total. The zero-order valence-corrected chi connectivity index (χ0v) is 68.7. The van der Waals surface area contributed by atoms with E-state index in [4.69, 9.17) is 117 Å². The van der Waals surface area contributed by atoms with Crippen molar-refractivity contribution in [2.24, 2.45) is 23.7 Å². The number of carboxylic acid groups (broad SMARTS) is 1. The molecule has 3 amide bonds. The molecule has 18 rings (SSSR count). The molecule has 34 heteroatoms. The summed E-state index contributed by atoms with van der Waals surface area (Å²) in [6.45, 7) is 3.74. The van der Waals surface area contributed by atoms with Crippen molar-refractivity contribution in [1.82, 2.24) is 0 Å². The van der Waals surface area contributed by atoms with Crippen LogP contribution >= 0.6 is 69.6 Å². The Hall–Kier alpha value is -11.0. The Kier molecular flexibility index (Phi) is 25.6. The molecule has 0 radical (unpaired) electrons. The number of rotatable bonds is 14. The standard InChI is InChI=1S/C29H21Cl2NO8.C27H17Cl2NO8.C16H8Cl2O3.C13H13NO5.CH4.Na/c1-2-37-28(36)23-22(27(35)32-15-8-10-20-21(12-15)39-13-38-20)24(14-7-9-18(30)19(31)11-14)40-29(23)25(33)16-5-3-4-6-17(16)26(29)34;28-16-7-5-12(9-17(16)29)22-20(25(33)30-13-6-8-18-19(10-13)37-11-36-18)21(26(34)35)27(38-22)23(31)14-3-1-2-4-15(14)24(27)32;17-11-6-5-8(7-12(11)18)15-16(21-15)13(19)9-3-1-2-4-10(9)14(16)20;1-2-17-13(16)6-5-12(15)14-9-3-4-10-11(7-9)19-8-18-10;;/h3-12,22-24H,2,13H2,1H3,(H,32,35);1-10,20-22H,11H2,(H,30,33)(H,34,35);1-7,15H;3-7H,2,8H2,1H3,(H,14,15);1H4;/q;;;;;+1/p-1/b;;;6-5+;;/t22-,23?,24?;20-,21+,22?;;;;/m00..../s1. The molecular formula is C86H62Cl6N3NaO24. The molecule has 6 heterocycles. The molecule has 27 nitrogen and oxygen atoms in total. The third kappa shape index (κ3) is 15.8. The SMILES string of the molecule is C.CCOC(=O)/C=C/C(=O)Nc1ccc2c(c1)OCO2.CCOC(=O)C1[C@H](C(=O)Nc2ccc3c(c2)OCO3)C(c2ccc(Cl)c(Cl)c2)OC12C(=O)c1ccccc1C2=O.O=C(Nc1ccc2c(c1)OCO2)[C@@H]1C(c2ccc(Cl)c(Cl)c2)OC2(C(=O)c3ccccc3C2=O)[C@H]1C(=O)[O-].O=C1c2ccccc2C(=O)C12OC2c1ccc(Cl)c(Cl)c1.[Na+]. The van der Waals surface area contributed by atoms with E-state index in [2.05, 4.69) is 20.7 Å². The van der Waals surface area contributed by atoms with Gasteiger partial charge in [0.1, 0.15) is 12.0 Å². The normalized spacial score (nSPS) is 20.2. The Morgan fingerprint density at radius 1 is 0.400 bits per heavy atom. The number of amides is 3. The maximum atomic E-state index is 14.0. The minimum atomic E-state index is -2.50. The molecule has 0 aromatic heterocycles. The number of anilines is 3. The minimum Gasteiger partial charge on any atom is -0.550 e. The van der Waals surface area contributed by atoms with Gasteiger partial charge in [0.15, 0.2) is 34.5 Å². The van der Waals surface area contributed by atoms with Crippen LogP contribution in [0.25, 0.3) is 0 Å². The van der Waals surface area contributed by atoms with Gasteiger partial charge in [-0.05, 0) is 103 Å². The van der Waals surface area contributed by atoms with E-state index in [1.54, 1.807) is 135 Å². The summed E-state index contributed by atoms with van der Waals surface area (Å²) < 4.78 is 59.7. The van der Waals surface area contributed by atoms with Crippen LogP contribution in [-0.4, -0.2) is 121 Å². The second-order valence-corrected chi connectivity index (χ2v) is 29.7. The van der Waals surface area contributed by atoms with Crippen molar-refractivity contribution in [3.8, 4) is 34.5 Å². The smallest absolute Gasteiger partial charge is 0.550 e. The van der Waals surface area contributed by atoms with Gasteiger partial charge >= 0.3 is 41.5 Å². The Morgan fingerprint density at radius 3 is 1.10 bits per heavy atom. The maximum Gasteiger partial charge on any atom is 1.00 e. The molecule has 0 bridgehead atoms. The summed E-state index contributed by atoms with van der Waals surface area (Å²) >= 11 is 36.6. The number of epoxide rings is 1. The number of ketones is 6. The van der Waals surface area contributed by atoms with Crippen molar-refractivity contribution in [1.29, 1.82) is 0 Å². The van der Waals surface area contributed by atoms with Crippen molar-refractivity contribution < 1.29 is 144 Å². The number of nitrogens with one attached hydrogen (secondary N) is 3. The van der Waals surface area contributed by atoms with Gasteiger partial charge in [-0.1, -0.05) is 168 Å². The zero-order valence-electron chi connectivity index (χ0n) is 62.1. The van der Waals surface area contributed by atoms with E-state index in [9.17, 15) is 62.6 Å². The number of carboxylic acids is 1. The number of hydrogen-bond donors (Lipinski definition) is 3. The van der Waals surface area contributed by atoms with Gasteiger partial charge < -0.3 is 78.0 Å². The molecule has 3 aliphatic carbocycles. The van der Waals surface area contributed by atoms with Crippen LogP contribution in [-0.2, 0) is 52.5 Å². The summed E-state index contributed by atoms with van der Waals surface area (Å²) in [5, 5.41) is 22.2. The van der Waals surface area contributed by atoms with Crippen LogP contribution in [0.15, 0.2) is 194 Å². The summed E-state index contributed by atoms with van der Waals surface area (Å²) in [4.78, 5) is 157. The first-order valence-electron chi connectivity index (χ1n) is 36.0. The largest absolute Gasteiger partial charge is 1.00 e. The van der Waals surface area contributed by atoms with Gasteiger partial charge in [0.05, 0.1) is 73.3 Å². The van der Waals surface area contributed by atoms with Gasteiger partial charge in [-0.3, -0.25) is 47.9 Å². The summed E-state index contributed by atoms with van der Waals surface area (Å²) in [6, 6.07) is 47.2. The van der Waals surface area contributed by atoms with E-state index >= 15 is 0 Å². The van der Waals surface area contributed by atoms with Crippen LogP contribution in [0.3, 0.4) is 0 Å². The first-order chi connectivity index (χ1) is 56.7. The first kappa shape index (κ1) is 86.8. The molecule has 608 valence electrons. The number of aliphatic carboxylic acids is 1. The minimum absolute atomic E-state index is 0. The third-order valence-electron chi connectivity index (χ3n) is 20.5. The van der Waals surface area contributed by atoms with E-state index in [0.29, 0.717) is 78.2 Å². The second-order valence-electron chi connectivity index (χ2n) is 27.2. The number of esters is 2. The molecule has 9 aromatic carbocycles. The maximum absolute atomic E-state index is 14.0. The average Bonchev–Trinajstić information content (AvgIpc) is 1.54. The van der Waals surface area contributed by atoms with Crippen LogP contribution in [0, 0.1) is 23.7 Å². The average molecular weight is 1760 g/mol. The number of halogens is 6. The van der Waals surface area contributed by atoms with Gasteiger partial charge in [0.2, 0.25) is 89.6 Å². The van der Waals surface area contributed by atoms with Crippen molar-refractivity contribution in [3.63, 3.8) is 0 Å². The number of ether oxygens (including phenoxy) is 11. The molecule has 3 saturated heterocycles. The third-order valence-corrected chi connectivity index (χ3v) is 22.7. The summed E-state index contributed by atoms with van der Waals surface area (Å²) in [5.41, 5.74) is -2.69. The van der Waals surface area contributed by atoms with E-state index in [1.165, 1.54) is 60.7 Å². The molecular weight excluding hydrogens is 1690 g/mol. The topological polar surface area (TPSA) is 369 Å². The van der Waals surface area contributed by atoms with Gasteiger partial charge in [0, 0.05) is 86.8 Å². The van der Waals surface area contributed by atoms with Crippen LogP contribution in [0.4, 0.5) is 17.1 Å². The predicted octanol–water partition coefficient (Wildman–Crippen LogP) is 11.3. The number of benzene rings is 9. The van der Waals surface area contributed by atoms with Crippen molar-refractivity contribution in [2.75, 3.05) is 49.5 Å². The van der Waals surface area contributed by atoms with Gasteiger partial charge in [-0.15, -0.1) is 0 Å². The first-order valence-corrected chi connectivity index (χ1v) is 38.3. The Morgan fingerprint density at radius 2 is 0.733 bits per heavy atom. The Bertz CT molecular complexity index is 5720. The monoisotopic (exact) mass is 1750 g/mol. The van der Waals surface area contributed by atoms with E-state index in [1.807, 2.05) is 0 Å². The van der Waals surface area contributed by atoms with Gasteiger partial charge in [0.25, 0.3) is 0 Å². The van der Waals surface area contributed by atoms with Gasteiger partial charge in [-0.2, -0.15) is 0 Å². The molecule has 9 aromatic rings. The van der Waals surface area contributed by atoms with Crippen LogP contribution < -0.4 is 79.0 Å². The van der Waals surface area contributed by atoms with Crippen LogP contribution in [0.2, 0.25) is 30.1 Å². The van der Waals surface area contributed by atoms with Crippen molar-refractivity contribution in [2.45, 2.75) is 56.4 Å². The summed E-state index contributed by atoms with van der Waals surface area (Å²) in [5.74, 6) is -12.3.